The first-order chi connectivity index (χ1) is 6.61. The lowest BCUT2D eigenvalue weighted by molar-refractivity contribution is -0.126. The molecule has 0 aromatic carbocycles. The molecule has 3 N–H and O–H groups in total. The molecular weight excluding hydrogens is 180 g/mol. The number of carbonyl (C=O) groups is 1. The SMILES string of the molecule is CCC(C)(CO)NC(=O)C1CCNC1. The maximum atomic E-state index is 11.7. The van der Waals surface area contributed by atoms with Crippen LogP contribution >= 0.6 is 0 Å². The Bertz CT molecular complexity index is 196. The van der Waals surface area contributed by atoms with Crippen molar-refractivity contribution in [2.75, 3.05) is 19.7 Å². The fourth-order valence-electron chi connectivity index (χ4n) is 1.52. The molecule has 1 heterocycles. The predicted molar refractivity (Wildman–Crippen MR) is 54.9 cm³/mol. The highest BCUT2D eigenvalue weighted by Crippen LogP contribution is 2.12. The molecular formula is C10H20N2O2. The first-order valence-corrected chi connectivity index (χ1v) is 5.25. The summed E-state index contributed by atoms with van der Waals surface area (Å²) in [6.07, 6.45) is 1.65. The van der Waals surface area contributed by atoms with E-state index in [0.29, 0.717) is 0 Å². The van der Waals surface area contributed by atoms with Crippen LogP contribution in [0, 0.1) is 5.92 Å². The van der Waals surface area contributed by atoms with Crippen LogP contribution in [0.1, 0.15) is 26.7 Å². The topological polar surface area (TPSA) is 61.4 Å². The molecule has 2 unspecified atom stereocenters. The molecule has 0 spiro atoms. The Balaban J connectivity index is 2.45. The number of nitrogens with one attached hydrogen (secondary N) is 2. The van der Waals surface area contributed by atoms with Crippen molar-refractivity contribution in [2.45, 2.75) is 32.2 Å². The molecule has 1 rings (SSSR count). The van der Waals surface area contributed by atoms with Gasteiger partial charge in [0.2, 0.25) is 5.91 Å². The van der Waals surface area contributed by atoms with Crippen LogP contribution in [-0.4, -0.2) is 36.2 Å². The number of carbonyl (C=O) groups excluding carboxylic acids is 1. The molecule has 1 amide bonds. The average Bonchev–Trinajstić information content (AvgIpc) is 2.70. The molecule has 82 valence electrons. The summed E-state index contributed by atoms with van der Waals surface area (Å²) < 4.78 is 0. The summed E-state index contributed by atoms with van der Waals surface area (Å²) in [6.45, 7) is 5.50. The van der Waals surface area contributed by atoms with Gasteiger partial charge in [-0.15, -0.1) is 0 Å². The Morgan fingerprint density at radius 2 is 2.43 bits per heavy atom. The van der Waals surface area contributed by atoms with E-state index in [1.165, 1.54) is 0 Å². The predicted octanol–water partition coefficient (Wildman–Crippen LogP) is -0.127. The number of rotatable bonds is 4. The average molecular weight is 200 g/mol. The van der Waals surface area contributed by atoms with Gasteiger partial charge in [-0.05, 0) is 26.3 Å². The van der Waals surface area contributed by atoms with Gasteiger partial charge in [0, 0.05) is 6.54 Å². The van der Waals surface area contributed by atoms with Crippen LogP contribution in [0.3, 0.4) is 0 Å². The number of amides is 1. The lowest BCUT2D eigenvalue weighted by Crippen LogP contribution is -2.50. The first-order valence-electron chi connectivity index (χ1n) is 5.25. The largest absolute Gasteiger partial charge is 0.394 e. The molecule has 0 aliphatic carbocycles. The molecule has 0 saturated carbocycles. The zero-order valence-corrected chi connectivity index (χ0v) is 8.97. The van der Waals surface area contributed by atoms with E-state index in [0.717, 1.165) is 25.9 Å². The van der Waals surface area contributed by atoms with Crippen molar-refractivity contribution in [1.29, 1.82) is 0 Å². The third kappa shape index (κ3) is 2.69. The van der Waals surface area contributed by atoms with Gasteiger partial charge in [-0.25, -0.2) is 0 Å². The van der Waals surface area contributed by atoms with E-state index in [1.54, 1.807) is 0 Å². The third-order valence-electron chi connectivity index (χ3n) is 2.99. The lowest BCUT2D eigenvalue weighted by atomic mass is 9.98. The van der Waals surface area contributed by atoms with Crippen LogP contribution in [0.2, 0.25) is 0 Å². The minimum atomic E-state index is -0.459. The minimum absolute atomic E-state index is 0.00457. The van der Waals surface area contributed by atoms with E-state index in [1.807, 2.05) is 13.8 Å². The maximum Gasteiger partial charge on any atom is 0.224 e. The molecule has 0 radical (unpaired) electrons. The van der Waals surface area contributed by atoms with Gasteiger partial charge in [0.25, 0.3) is 0 Å². The van der Waals surface area contributed by atoms with Gasteiger partial charge < -0.3 is 15.7 Å². The van der Waals surface area contributed by atoms with Gasteiger partial charge in [0.15, 0.2) is 0 Å². The van der Waals surface area contributed by atoms with Crippen molar-refractivity contribution >= 4 is 5.91 Å². The molecule has 2 atom stereocenters. The second kappa shape index (κ2) is 4.75. The lowest BCUT2D eigenvalue weighted by Gasteiger charge is -2.28. The Morgan fingerprint density at radius 1 is 1.71 bits per heavy atom. The van der Waals surface area contributed by atoms with E-state index in [4.69, 9.17) is 5.11 Å². The second-order valence-corrected chi connectivity index (χ2v) is 4.25. The van der Waals surface area contributed by atoms with E-state index in [-0.39, 0.29) is 18.4 Å². The quantitative estimate of drug-likeness (QED) is 0.592. The van der Waals surface area contributed by atoms with Crippen molar-refractivity contribution < 1.29 is 9.90 Å². The van der Waals surface area contributed by atoms with Crippen LogP contribution < -0.4 is 10.6 Å². The highest BCUT2D eigenvalue weighted by Gasteiger charge is 2.29. The van der Waals surface area contributed by atoms with Crippen molar-refractivity contribution in [2.24, 2.45) is 5.92 Å². The van der Waals surface area contributed by atoms with Crippen molar-refractivity contribution in [3.8, 4) is 0 Å². The molecule has 1 aliphatic heterocycles. The number of hydrogen-bond acceptors (Lipinski definition) is 3. The maximum absolute atomic E-state index is 11.7. The molecule has 0 aromatic heterocycles. The molecule has 1 fully saturated rings. The normalized spacial score (nSPS) is 25.8. The van der Waals surface area contributed by atoms with E-state index >= 15 is 0 Å². The summed E-state index contributed by atoms with van der Waals surface area (Å²) >= 11 is 0. The van der Waals surface area contributed by atoms with Gasteiger partial charge in [-0.3, -0.25) is 4.79 Å². The van der Waals surface area contributed by atoms with Crippen molar-refractivity contribution in [3.05, 3.63) is 0 Å². The summed E-state index contributed by atoms with van der Waals surface area (Å²) in [7, 11) is 0. The van der Waals surface area contributed by atoms with Crippen LogP contribution in [0.15, 0.2) is 0 Å². The Kier molecular flexibility index (Phi) is 3.89. The van der Waals surface area contributed by atoms with Gasteiger partial charge in [0.1, 0.15) is 0 Å². The molecule has 4 nitrogen and oxygen atoms in total. The first kappa shape index (κ1) is 11.5. The summed E-state index contributed by atoms with van der Waals surface area (Å²) in [5, 5.41) is 15.2. The standard InChI is InChI=1S/C10H20N2O2/c1-3-10(2,7-13)12-9(14)8-4-5-11-6-8/h8,11,13H,3-7H2,1-2H3,(H,12,14). The Labute approximate surface area is 85.1 Å². The van der Waals surface area contributed by atoms with Crippen molar-refractivity contribution in [3.63, 3.8) is 0 Å². The van der Waals surface area contributed by atoms with Crippen molar-refractivity contribution in [1.82, 2.24) is 10.6 Å². The summed E-state index contributed by atoms with van der Waals surface area (Å²) in [4.78, 5) is 11.7. The molecule has 1 saturated heterocycles. The zero-order chi connectivity index (χ0) is 10.6. The monoisotopic (exact) mass is 200 g/mol. The van der Waals surface area contributed by atoms with Gasteiger partial charge in [-0.2, -0.15) is 0 Å². The van der Waals surface area contributed by atoms with Crippen LogP contribution in [0.5, 0.6) is 0 Å². The van der Waals surface area contributed by atoms with Crippen LogP contribution in [0.4, 0.5) is 0 Å². The van der Waals surface area contributed by atoms with Gasteiger partial charge in [-0.1, -0.05) is 6.92 Å². The molecule has 14 heavy (non-hydrogen) atoms. The third-order valence-corrected chi connectivity index (χ3v) is 2.99. The molecule has 4 heteroatoms. The number of aliphatic hydroxyl groups excluding tert-OH is 1. The minimum Gasteiger partial charge on any atom is -0.394 e. The highest BCUT2D eigenvalue weighted by atomic mass is 16.3. The molecule has 1 aliphatic rings. The summed E-state index contributed by atoms with van der Waals surface area (Å²) in [6, 6.07) is 0. The van der Waals surface area contributed by atoms with Gasteiger partial charge in [0.05, 0.1) is 18.1 Å². The van der Waals surface area contributed by atoms with Gasteiger partial charge >= 0.3 is 0 Å². The van der Waals surface area contributed by atoms with E-state index in [9.17, 15) is 4.79 Å². The summed E-state index contributed by atoms with van der Waals surface area (Å²) in [5.74, 6) is 0.140. The number of aliphatic hydroxyl groups is 1. The number of hydrogen-bond donors (Lipinski definition) is 3. The van der Waals surface area contributed by atoms with Crippen LogP contribution in [-0.2, 0) is 4.79 Å². The second-order valence-electron chi connectivity index (χ2n) is 4.25. The smallest absolute Gasteiger partial charge is 0.224 e. The van der Waals surface area contributed by atoms with Crippen LogP contribution in [0.25, 0.3) is 0 Å². The molecule has 0 bridgehead atoms. The Morgan fingerprint density at radius 3 is 2.86 bits per heavy atom. The Hall–Kier alpha value is -0.610. The van der Waals surface area contributed by atoms with E-state index in [2.05, 4.69) is 10.6 Å². The fourth-order valence-corrected chi connectivity index (χ4v) is 1.52. The molecule has 0 aromatic rings. The van der Waals surface area contributed by atoms with E-state index < -0.39 is 5.54 Å². The highest BCUT2D eigenvalue weighted by molar-refractivity contribution is 5.80. The summed E-state index contributed by atoms with van der Waals surface area (Å²) in [5.41, 5.74) is -0.459. The zero-order valence-electron chi connectivity index (χ0n) is 8.97. The fraction of sp³-hybridized carbons (Fsp3) is 0.900.